The van der Waals surface area contributed by atoms with Gasteiger partial charge < -0.3 is 5.32 Å². The van der Waals surface area contributed by atoms with Gasteiger partial charge in [-0.3, -0.25) is 4.98 Å². The van der Waals surface area contributed by atoms with E-state index in [4.69, 9.17) is 0 Å². The Morgan fingerprint density at radius 1 is 1.50 bits per heavy atom. The van der Waals surface area contributed by atoms with Crippen LogP contribution < -0.4 is 5.32 Å². The Kier molecular flexibility index (Phi) is 4.85. The van der Waals surface area contributed by atoms with Gasteiger partial charge in [0, 0.05) is 31.0 Å². The van der Waals surface area contributed by atoms with Gasteiger partial charge in [0.1, 0.15) is 10.3 Å². The number of pyridine rings is 1. The van der Waals surface area contributed by atoms with E-state index in [1.807, 2.05) is 13.0 Å². The second kappa shape index (κ2) is 6.89. The Morgan fingerprint density at radius 2 is 2.33 bits per heavy atom. The Hall–Kier alpha value is -1.95. The Labute approximate surface area is 145 Å². The third kappa shape index (κ3) is 3.43. The standard InChI is InChI=1S/C16H18N4O2S2/c1-12-8-15(13(9-17)10-18-12)19-14-4-2-6-20(11-14)24(21,22)16-5-3-7-23-16/h3,5,7-8,10,14H,2,4,6,11H2,1H3,(H,18,19)/t14-/m1/s1. The number of rotatable bonds is 4. The van der Waals surface area contributed by atoms with Crippen LogP contribution in [0.5, 0.6) is 0 Å². The highest BCUT2D eigenvalue weighted by molar-refractivity contribution is 7.91. The monoisotopic (exact) mass is 362 g/mol. The number of aryl methyl sites for hydroxylation is 1. The van der Waals surface area contributed by atoms with Gasteiger partial charge in [0.25, 0.3) is 10.0 Å². The Balaban J connectivity index is 1.78. The zero-order valence-electron chi connectivity index (χ0n) is 13.3. The van der Waals surface area contributed by atoms with E-state index in [1.54, 1.807) is 23.7 Å². The number of anilines is 1. The fourth-order valence-corrected chi connectivity index (χ4v) is 5.47. The smallest absolute Gasteiger partial charge is 0.252 e. The molecule has 2 aromatic rings. The van der Waals surface area contributed by atoms with Crippen LogP contribution >= 0.6 is 11.3 Å². The van der Waals surface area contributed by atoms with Crippen molar-refractivity contribution in [2.45, 2.75) is 30.0 Å². The highest BCUT2D eigenvalue weighted by Crippen LogP contribution is 2.26. The van der Waals surface area contributed by atoms with Gasteiger partial charge in [-0.1, -0.05) is 6.07 Å². The summed E-state index contributed by atoms with van der Waals surface area (Å²) in [6.45, 7) is 2.78. The average molecular weight is 362 g/mol. The fourth-order valence-electron chi connectivity index (χ4n) is 2.80. The molecule has 0 aromatic carbocycles. The molecule has 3 heterocycles. The summed E-state index contributed by atoms with van der Waals surface area (Å²) in [4.78, 5) is 4.12. The molecule has 0 radical (unpaired) electrons. The summed E-state index contributed by atoms with van der Waals surface area (Å²) >= 11 is 1.24. The zero-order chi connectivity index (χ0) is 17.2. The van der Waals surface area contributed by atoms with Crippen LogP contribution in [-0.4, -0.2) is 36.8 Å². The van der Waals surface area contributed by atoms with Crippen LogP contribution in [-0.2, 0) is 10.0 Å². The summed E-state index contributed by atoms with van der Waals surface area (Å²) in [6, 6.07) is 7.30. The van der Waals surface area contributed by atoms with Gasteiger partial charge in [-0.05, 0) is 37.3 Å². The molecule has 8 heteroatoms. The number of nitrogens with zero attached hydrogens (tertiary/aromatic N) is 3. The first-order chi connectivity index (χ1) is 11.5. The topological polar surface area (TPSA) is 86.1 Å². The maximum Gasteiger partial charge on any atom is 0.252 e. The molecule has 0 spiro atoms. The van der Waals surface area contributed by atoms with Crippen molar-refractivity contribution in [1.82, 2.24) is 9.29 Å². The van der Waals surface area contributed by atoms with E-state index in [0.717, 1.165) is 18.5 Å². The number of hydrogen-bond donors (Lipinski definition) is 1. The summed E-state index contributed by atoms with van der Waals surface area (Å²) < 4.78 is 27.2. The predicted octanol–water partition coefficient (Wildman–Crippen LogP) is 2.59. The number of aromatic nitrogens is 1. The second-order valence-corrected chi connectivity index (χ2v) is 8.87. The van der Waals surface area contributed by atoms with Gasteiger partial charge in [0.15, 0.2) is 0 Å². The van der Waals surface area contributed by atoms with E-state index in [2.05, 4.69) is 16.4 Å². The van der Waals surface area contributed by atoms with E-state index in [0.29, 0.717) is 28.5 Å². The van der Waals surface area contributed by atoms with Crippen molar-refractivity contribution >= 4 is 27.0 Å². The molecule has 1 saturated heterocycles. The molecule has 0 unspecified atom stereocenters. The van der Waals surface area contributed by atoms with Crippen LogP contribution in [0.25, 0.3) is 0 Å². The lowest BCUT2D eigenvalue weighted by atomic mass is 10.1. The van der Waals surface area contributed by atoms with Crippen LogP contribution in [0.4, 0.5) is 5.69 Å². The molecule has 126 valence electrons. The molecule has 0 bridgehead atoms. The lowest BCUT2D eigenvalue weighted by Gasteiger charge is -2.32. The maximum absolute atomic E-state index is 12.7. The molecule has 0 aliphatic carbocycles. The maximum atomic E-state index is 12.7. The van der Waals surface area contributed by atoms with Gasteiger partial charge in [0.2, 0.25) is 0 Å². The number of piperidine rings is 1. The Morgan fingerprint density at radius 3 is 3.04 bits per heavy atom. The van der Waals surface area contributed by atoms with E-state index in [1.165, 1.54) is 15.6 Å². The van der Waals surface area contributed by atoms with Crippen molar-refractivity contribution in [1.29, 1.82) is 5.26 Å². The van der Waals surface area contributed by atoms with Crippen molar-refractivity contribution in [2.24, 2.45) is 0 Å². The van der Waals surface area contributed by atoms with Crippen molar-refractivity contribution in [3.05, 3.63) is 41.0 Å². The van der Waals surface area contributed by atoms with Crippen molar-refractivity contribution in [3.63, 3.8) is 0 Å². The summed E-state index contributed by atoms with van der Waals surface area (Å²) in [5, 5.41) is 14.3. The lowest BCUT2D eigenvalue weighted by molar-refractivity contribution is 0.327. The highest BCUT2D eigenvalue weighted by atomic mass is 32.2. The van der Waals surface area contributed by atoms with Crippen molar-refractivity contribution < 1.29 is 8.42 Å². The van der Waals surface area contributed by atoms with E-state index >= 15 is 0 Å². The first-order valence-corrected chi connectivity index (χ1v) is 9.99. The van der Waals surface area contributed by atoms with Crippen LogP contribution in [0.3, 0.4) is 0 Å². The third-order valence-electron chi connectivity index (χ3n) is 3.99. The number of nitriles is 1. The predicted molar refractivity (Wildman–Crippen MR) is 93.4 cm³/mol. The molecule has 1 fully saturated rings. The van der Waals surface area contributed by atoms with Crippen LogP contribution in [0.15, 0.2) is 34.0 Å². The quantitative estimate of drug-likeness (QED) is 0.903. The lowest BCUT2D eigenvalue weighted by Crippen LogP contribution is -2.44. The SMILES string of the molecule is Cc1cc(N[C@@H]2CCCN(S(=O)(=O)c3cccs3)C2)c(C#N)cn1. The van der Waals surface area contributed by atoms with Gasteiger partial charge in [-0.15, -0.1) is 11.3 Å². The molecule has 3 rings (SSSR count). The van der Waals surface area contributed by atoms with Crippen LogP contribution in [0.2, 0.25) is 0 Å². The van der Waals surface area contributed by atoms with E-state index in [9.17, 15) is 13.7 Å². The molecule has 1 aliphatic rings. The molecule has 1 aliphatic heterocycles. The molecule has 1 N–H and O–H groups in total. The minimum absolute atomic E-state index is 0.0256. The molecule has 6 nitrogen and oxygen atoms in total. The number of nitrogens with one attached hydrogen (secondary N) is 1. The molecule has 2 aromatic heterocycles. The van der Waals surface area contributed by atoms with Gasteiger partial charge in [0.05, 0.1) is 11.3 Å². The normalized spacial score (nSPS) is 18.9. The van der Waals surface area contributed by atoms with E-state index in [-0.39, 0.29) is 6.04 Å². The minimum Gasteiger partial charge on any atom is -0.380 e. The van der Waals surface area contributed by atoms with Gasteiger partial charge in [-0.25, -0.2) is 8.42 Å². The zero-order valence-corrected chi connectivity index (χ0v) is 14.9. The molecule has 0 amide bonds. The molecular weight excluding hydrogens is 344 g/mol. The van der Waals surface area contributed by atoms with Crippen molar-refractivity contribution in [2.75, 3.05) is 18.4 Å². The number of sulfonamides is 1. The largest absolute Gasteiger partial charge is 0.380 e. The molecule has 1 atom stereocenters. The van der Waals surface area contributed by atoms with Gasteiger partial charge in [-0.2, -0.15) is 9.57 Å². The minimum atomic E-state index is -3.43. The summed E-state index contributed by atoms with van der Waals surface area (Å²) in [5.74, 6) is 0. The van der Waals surface area contributed by atoms with Crippen molar-refractivity contribution in [3.8, 4) is 6.07 Å². The third-order valence-corrected chi connectivity index (χ3v) is 7.23. The van der Waals surface area contributed by atoms with Crippen LogP contribution in [0.1, 0.15) is 24.1 Å². The van der Waals surface area contributed by atoms with Crippen LogP contribution in [0, 0.1) is 18.3 Å². The second-order valence-electron chi connectivity index (χ2n) is 5.76. The number of hydrogen-bond acceptors (Lipinski definition) is 6. The summed E-state index contributed by atoms with van der Waals surface area (Å²) in [5.41, 5.74) is 2.00. The summed E-state index contributed by atoms with van der Waals surface area (Å²) in [7, 11) is -3.43. The number of thiophene rings is 1. The molecular formula is C16H18N4O2S2. The van der Waals surface area contributed by atoms with Gasteiger partial charge >= 0.3 is 0 Å². The first kappa shape index (κ1) is 16.9. The highest BCUT2D eigenvalue weighted by Gasteiger charge is 2.31. The molecule has 24 heavy (non-hydrogen) atoms. The molecule has 0 saturated carbocycles. The Bertz CT molecular complexity index is 857. The average Bonchev–Trinajstić information content (AvgIpc) is 3.11. The summed E-state index contributed by atoms with van der Waals surface area (Å²) in [6.07, 6.45) is 3.19. The first-order valence-electron chi connectivity index (χ1n) is 7.67. The fraction of sp³-hybridized carbons (Fsp3) is 0.375. The van der Waals surface area contributed by atoms with E-state index < -0.39 is 10.0 Å².